The van der Waals surface area contributed by atoms with Crippen LogP contribution in [-0.4, -0.2) is 30.7 Å². The Hall–Kier alpha value is -0.700. The molecule has 0 spiro atoms. The van der Waals surface area contributed by atoms with Crippen molar-refractivity contribution in [2.45, 2.75) is 31.0 Å². The van der Waals surface area contributed by atoms with Crippen LogP contribution in [0.3, 0.4) is 0 Å². The maximum Gasteiger partial charge on any atom is 0.274 e. The molecule has 1 heterocycles. The zero-order valence-corrected chi connectivity index (χ0v) is 12.0. The summed E-state index contributed by atoms with van der Waals surface area (Å²) in [5.74, 6) is 0.869. The Labute approximate surface area is 109 Å². The van der Waals surface area contributed by atoms with Crippen molar-refractivity contribution >= 4 is 20.8 Å². The Morgan fingerprint density at radius 3 is 2.67 bits per heavy atom. The molecule has 0 radical (unpaired) electrons. The van der Waals surface area contributed by atoms with Crippen molar-refractivity contribution in [2.75, 3.05) is 12.0 Å². The second kappa shape index (κ2) is 6.46. The molecule has 6 nitrogen and oxygen atoms in total. The average molecular weight is 294 g/mol. The number of nitrogens with one attached hydrogen (secondary N) is 1. The zero-order valence-electron chi connectivity index (χ0n) is 10.4. The molecule has 1 rings (SSSR count). The molecule has 0 fully saturated rings. The van der Waals surface area contributed by atoms with Gasteiger partial charge in [0.1, 0.15) is 5.76 Å². The van der Waals surface area contributed by atoms with Crippen LogP contribution in [0, 0.1) is 0 Å². The molecular weight excluding hydrogens is 276 g/mol. The molecule has 104 valence electrons. The van der Waals surface area contributed by atoms with E-state index in [2.05, 4.69) is 4.72 Å². The number of furan rings is 1. The Morgan fingerprint density at radius 1 is 1.50 bits per heavy atom. The van der Waals surface area contributed by atoms with Crippen LogP contribution in [0.5, 0.6) is 0 Å². The van der Waals surface area contributed by atoms with Crippen molar-refractivity contribution in [1.82, 2.24) is 4.72 Å². The molecule has 0 aliphatic rings. The maximum atomic E-state index is 11.9. The molecule has 1 aromatic heterocycles. The third-order valence-electron chi connectivity index (χ3n) is 2.30. The highest BCUT2D eigenvalue weighted by Crippen LogP contribution is 2.14. The van der Waals surface area contributed by atoms with E-state index in [9.17, 15) is 12.6 Å². The van der Waals surface area contributed by atoms with Gasteiger partial charge in [0, 0.05) is 28.9 Å². The van der Waals surface area contributed by atoms with E-state index in [4.69, 9.17) is 10.2 Å². The van der Waals surface area contributed by atoms with Crippen LogP contribution in [0.1, 0.15) is 19.1 Å². The number of rotatable bonds is 7. The molecule has 8 heteroatoms. The number of sulfonamides is 1. The molecule has 3 N–H and O–H groups in total. The molecule has 0 aliphatic carbocycles. The maximum absolute atomic E-state index is 11.9. The number of hydrogen-bond donors (Lipinski definition) is 2. The normalized spacial score (nSPS) is 15.5. The van der Waals surface area contributed by atoms with Gasteiger partial charge < -0.3 is 10.2 Å². The highest BCUT2D eigenvalue weighted by molar-refractivity contribution is 7.89. The zero-order chi connectivity index (χ0) is 13.8. The summed E-state index contributed by atoms with van der Waals surface area (Å²) < 4.78 is 42.3. The smallest absolute Gasteiger partial charge is 0.274 e. The van der Waals surface area contributed by atoms with E-state index in [0.29, 0.717) is 17.9 Å². The fourth-order valence-electron chi connectivity index (χ4n) is 1.34. The summed E-state index contributed by atoms with van der Waals surface area (Å²) in [5.41, 5.74) is 5.35. The van der Waals surface area contributed by atoms with Crippen molar-refractivity contribution in [3.63, 3.8) is 0 Å². The number of hydrogen-bond acceptors (Lipinski definition) is 5. The van der Waals surface area contributed by atoms with Gasteiger partial charge in [-0.3, -0.25) is 4.21 Å². The summed E-state index contributed by atoms with van der Waals surface area (Å²) in [6.07, 6.45) is 2.09. The molecule has 0 bridgehead atoms. The van der Waals surface area contributed by atoms with Crippen LogP contribution in [-0.2, 0) is 27.4 Å². The van der Waals surface area contributed by atoms with E-state index in [1.165, 1.54) is 12.1 Å². The first kappa shape index (κ1) is 15.4. The third kappa shape index (κ3) is 4.52. The molecular formula is C10H18N2O4S2. The predicted octanol–water partition coefficient (Wildman–Crippen LogP) is 0.174. The van der Waals surface area contributed by atoms with Gasteiger partial charge in [0.2, 0.25) is 5.09 Å². The lowest BCUT2D eigenvalue weighted by Gasteiger charge is -2.11. The standard InChI is InChI=1S/C10H18N2O4S2/c1-8(5-6-17(2)13)12-18(14,15)10-4-3-9(7-11)16-10/h3-4,8,12H,5-7,11H2,1-2H3. The molecule has 0 saturated carbocycles. The van der Waals surface area contributed by atoms with Crippen LogP contribution in [0.2, 0.25) is 0 Å². The quantitative estimate of drug-likeness (QED) is 0.746. The van der Waals surface area contributed by atoms with Gasteiger partial charge in [-0.05, 0) is 25.5 Å². The van der Waals surface area contributed by atoms with Crippen LogP contribution in [0.15, 0.2) is 21.6 Å². The van der Waals surface area contributed by atoms with E-state index in [1.807, 2.05) is 0 Å². The third-order valence-corrected chi connectivity index (χ3v) is 4.57. The Kier molecular flexibility index (Phi) is 5.51. The first-order valence-electron chi connectivity index (χ1n) is 5.46. The lowest BCUT2D eigenvalue weighted by atomic mass is 10.3. The van der Waals surface area contributed by atoms with E-state index in [-0.39, 0.29) is 17.7 Å². The summed E-state index contributed by atoms with van der Waals surface area (Å²) >= 11 is 0. The Bertz CT molecular complexity index is 510. The average Bonchev–Trinajstić information content (AvgIpc) is 2.75. The van der Waals surface area contributed by atoms with E-state index in [0.717, 1.165) is 0 Å². The van der Waals surface area contributed by atoms with Crippen LogP contribution in [0.25, 0.3) is 0 Å². The lowest BCUT2D eigenvalue weighted by Crippen LogP contribution is -2.33. The summed E-state index contributed by atoms with van der Waals surface area (Å²) in [5, 5.41) is -0.146. The number of nitrogens with two attached hydrogens (primary N) is 1. The van der Waals surface area contributed by atoms with Crippen molar-refractivity contribution in [3.8, 4) is 0 Å². The van der Waals surface area contributed by atoms with Gasteiger partial charge in [-0.25, -0.2) is 13.1 Å². The lowest BCUT2D eigenvalue weighted by molar-refractivity contribution is 0.410. The topological polar surface area (TPSA) is 102 Å². The molecule has 1 aromatic rings. The Morgan fingerprint density at radius 2 is 2.17 bits per heavy atom. The van der Waals surface area contributed by atoms with Gasteiger partial charge in [0.25, 0.3) is 10.0 Å². The second-order valence-electron chi connectivity index (χ2n) is 4.01. The van der Waals surface area contributed by atoms with E-state index >= 15 is 0 Å². The first-order chi connectivity index (χ1) is 8.35. The van der Waals surface area contributed by atoms with Gasteiger partial charge in [-0.15, -0.1) is 0 Å². The molecule has 2 atom stereocenters. The van der Waals surface area contributed by atoms with Crippen LogP contribution < -0.4 is 10.5 Å². The van der Waals surface area contributed by atoms with Gasteiger partial charge in [-0.2, -0.15) is 0 Å². The minimum absolute atomic E-state index is 0.146. The minimum Gasteiger partial charge on any atom is -0.447 e. The molecule has 0 saturated heterocycles. The second-order valence-corrected chi connectivity index (χ2v) is 7.21. The molecule has 0 aromatic carbocycles. The minimum atomic E-state index is -3.67. The summed E-state index contributed by atoms with van der Waals surface area (Å²) in [6, 6.07) is 2.60. The van der Waals surface area contributed by atoms with Crippen molar-refractivity contribution in [2.24, 2.45) is 5.73 Å². The first-order valence-corrected chi connectivity index (χ1v) is 8.67. The van der Waals surface area contributed by atoms with Gasteiger partial charge >= 0.3 is 0 Å². The molecule has 2 unspecified atom stereocenters. The van der Waals surface area contributed by atoms with Crippen molar-refractivity contribution in [3.05, 3.63) is 17.9 Å². The van der Waals surface area contributed by atoms with Crippen molar-refractivity contribution in [1.29, 1.82) is 0 Å². The Balaban J connectivity index is 2.66. The largest absolute Gasteiger partial charge is 0.447 e. The van der Waals surface area contributed by atoms with Gasteiger partial charge in [0.05, 0.1) is 6.54 Å². The fourth-order valence-corrected chi connectivity index (χ4v) is 3.25. The van der Waals surface area contributed by atoms with Crippen LogP contribution >= 0.6 is 0 Å². The summed E-state index contributed by atoms with van der Waals surface area (Å²) in [7, 11) is -4.60. The van der Waals surface area contributed by atoms with Gasteiger partial charge in [0.15, 0.2) is 0 Å². The fraction of sp³-hybridized carbons (Fsp3) is 0.600. The highest BCUT2D eigenvalue weighted by atomic mass is 32.2. The molecule has 0 amide bonds. The SMILES string of the molecule is CC(CCS(C)=O)NS(=O)(=O)c1ccc(CN)o1. The van der Waals surface area contributed by atoms with Crippen LogP contribution in [0.4, 0.5) is 0 Å². The van der Waals surface area contributed by atoms with E-state index < -0.39 is 20.8 Å². The summed E-state index contributed by atoms with van der Waals surface area (Å²) in [6.45, 7) is 1.87. The summed E-state index contributed by atoms with van der Waals surface area (Å²) in [4.78, 5) is 0. The van der Waals surface area contributed by atoms with Crippen molar-refractivity contribution < 1.29 is 17.0 Å². The van der Waals surface area contributed by atoms with E-state index in [1.54, 1.807) is 13.2 Å². The highest BCUT2D eigenvalue weighted by Gasteiger charge is 2.21. The monoisotopic (exact) mass is 294 g/mol. The molecule has 0 aliphatic heterocycles. The van der Waals surface area contributed by atoms with Gasteiger partial charge in [-0.1, -0.05) is 0 Å². The predicted molar refractivity (Wildman–Crippen MR) is 69.9 cm³/mol. The molecule has 18 heavy (non-hydrogen) atoms.